The maximum absolute atomic E-state index is 10.5. The molecule has 0 aliphatic heterocycles. The lowest BCUT2D eigenvalue weighted by Crippen LogP contribution is -2.28. The Labute approximate surface area is 101 Å². The second-order valence-corrected chi connectivity index (χ2v) is 4.07. The number of thioether (sulfide) groups is 1. The molecule has 0 saturated carbocycles. The molecular formula is C10H10N2O4S. The smallest absolute Gasteiger partial charge is 0.335 e. The first-order valence-corrected chi connectivity index (χ1v) is 5.33. The molecule has 0 heterocycles. The number of aliphatic carboxylic acids is 1. The van der Waals surface area contributed by atoms with Gasteiger partial charge in [0.1, 0.15) is 11.5 Å². The molecule has 0 aliphatic rings. The first-order valence-electron chi connectivity index (χ1n) is 4.51. The summed E-state index contributed by atoms with van der Waals surface area (Å²) in [6.07, 6.45) is -3.59. The summed E-state index contributed by atoms with van der Waals surface area (Å²) in [6.45, 7) is 0. The van der Waals surface area contributed by atoms with Gasteiger partial charge < -0.3 is 21.1 Å². The van der Waals surface area contributed by atoms with E-state index in [4.69, 9.17) is 16.1 Å². The van der Waals surface area contributed by atoms with E-state index < -0.39 is 18.2 Å². The molecule has 0 amide bonds. The maximum atomic E-state index is 10.5. The first-order chi connectivity index (χ1) is 7.97. The highest BCUT2D eigenvalue weighted by molar-refractivity contribution is 8.03. The van der Waals surface area contributed by atoms with E-state index in [1.54, 1.807) is 6.07 Å². The standard InChI is InChI=1S/C10H10N2O4S/c11-4-17-5-1-2-7(12)6(3-5)8(13)9(14)10(15)16/h1-3,8-9,13-14H,12H2,(H,15,16). The van der Waals surface area contributed by atoms with E-state index >= 15 is 0 Å². The summed E-state index contributed by atoms with van der Waals surface area (Å²) in [5.74, 6) is -1.55. The molecule has 1 aromatic rings. The average molecular weight is 254 g/mol. The Morgan fingerprint density at radius 2 is 2.12 bits per heavy atom. The Hall–Kier alpha value is -1.75. The van der Waals surface area contributed by atoms with Gasteiger partial charge in [-0.2, -0.15) is 5.26 Å². The van der Waals surface area contributed by atoms with Crippen LogP contribution in [0.2, 0.25) is 0 Å². The number of thiocyanates is 1. The molecule has 0 fully saturated rings. The molecule has 0 radical (unpaired) electrons. The van der Waals surface area contributed by atoms with Crippen LogP contribution in [-0.2, 0) is 4.79 Å². The zero-order valence-electron chi connectivity index (χ0n) is 8.57. The molecule has 1 rings (SSSR count). The Balaban J connectivity index is 3.08. The highest BCUT2D eigenvalue weighted by atomic mass is 32.2. The molecule has 0 aliphatic carbocycles. The molecule has 1 aromatic carbocycles. The molecule has 6 nitrogen and oxygen atoms in total. The van der Waals surface area contributed by atoms with Crippen molar-refractivity contribution in [2.75, 3.05) is 5.73 Å². The maximum Gasteiger partial charge on any atom is 0.335 e. The lowest BCUT2D eigenvalue weighted by atomic mass is 10.0. The van der Waals surface area contributed by atoms with Crippen LogP contribution in [0.1, 0.15) is 11.7 Å². The van der Waals surface area contributed by atoms with Crippen molar-refractivity contribution >= 4 is 23.4 Å². The summed E-state index contributed by atoms with van der Waals surface area (Å²) >= 11 is 0.845. The van der Waals surface area contributed by atoms with Crippen molar-refractivity contribution in [2.45, 2.75) is 17.1 Å². The quantitative estimate of drug-likeness (QED) is 0.346. The van der Waals surface area contributed by atoms with Crippen LogP contribution in [0.4, 0.5) is 5.69 Å². The van der Waals surface area contributed by atoms with Gasteiger partial charge in [0.05, 0.1) is 0 Å². The van der Waals surface area contributed by atoms with Crippen LogP contribution >= 0.6 is 11.8 Å². The van der Waals surface area contributed by atoms with E-state index in [0.717, 1.165) is 11.8 Å². The number of benzene rings is 1. The zero-order chi connectivity index (χ0) is 13.0. The largest absolute Gasteiger partial charge is 0.479 e. The Bertz CT molecular complexity index is 472. The number of carboxylic acids is 1. The molecule has 90 valence electrons. The lowest BCUT2D eigenvalue weighted by molar-refractivity contribution is -0.153. The van der Waals surface area contributed by atoms with Crippen LogP contribution in [0.5, 0.6) is 0 Å². The number of hydrogen-bond acceptors (Lipinski definition) is 6. The number of carboxylic acid groups (broad SMARTS) is 1. The molecule has 0 bridgehead atoms. The number of rotatable bonds is 4. The summed E-state index contributed by atoms with van der Waals surface area (Å²) in [4.78, 5) is 11.0. The van der Waals surface area contributed by atoms with E-state index in [-0.39, 0.29) is 11.3 Å². The van der Waals surface area contributed by atoms with Crippen LogP contribution in [0.15, 0.2) is 23.1 Å². The summed E-state index contributed by atoms with van der Waals surface area (Å²) < 4.78 is 0. The SMILES string of the molecule is N#CSc1ccc(N)c(C(O)C(O)C(=O)O)c1. The summed E-state index contributed by atoms with van der Waals surface area (Å²) in [5.41, 5.74) is 5.80. The number of nitriles is 1. The predicted molar refractivity (Wildman–Crippen MR) is 60.9 cm³/mol. The molecular weight excluding hydrogens is 244 g/mol. The third-order valence-corrected chi connectivity index (χ3v) is 2.67. The number of carbonyl (C=O) groups is 1. The minimum absolute atomic E-state index is 0.0835. The molecule has 7 heteroatoms. The van der Waals surface area contributed by atoms with Crippen molar-refractivity contribution in [1.82, 2.24) is 0 Å². The number of nitrogens with zero attached hydrogens (tertiary/aromatic N) is 1. The summed E-state index contributed by atoms with van der Waals surface area (Å²) in [5, 5.41) is 37.7. The van der Waals surface area contributed by atoms with E-state index in [1.165, 1.54) is 12.1 Å². The molecule has 0 saturated heterocycles. The Morgan fingerprint density at radius 3 is 2.65 bits per heavy atom. The summed E-state index contributed by atoms with van der Waals surface area (Å²) in [6, 6.07) is 4.37. The van der Waals surface area contributed by atoms with Gasteiger partial charge in [-0.25, -0.2) is 4.79 Å². The fourth-order valence-electron chi connectivity index (χ4n) is 1.23. The number of hydrogen-bond donors (Lipinski definition) is 4. The molecule has 0 spiro atoms. The highest BCUT2D eigenvalue weighted by Crippen LogP contribution is 2.28. The topological polar surface area (TPSA) is 128 Å². The van der Waals surface area contributed by atoms with Gasteiger partial charge in [0, 0.05) is 16.1 Å². The van der Waals surface area contributed by atoms with E-state index in [1.807, 2.05) is 5.40 Å². The second-order valence-electron chi connectivity index (χ2n) is 3.21. The van der Waals surface area contributed by atoms with Crippen LogP contribution in [-0.4, -0.2) is 27.4 Å². The van der Waals surface area contributed by atoms with Crippen molar-refractivity contribution in [3.8, 4) is 5.40 Å². The average Bonchev–Trinajstić information content (AvgIpc) is 2.30. The zero-order valence-corrected chi connectivity index (χ0v) is 9.39. The van der Waals surface area contributed by atoms with Crippen LogP contribution < -0.4 is 5.73 Å². The molecule has 5 N–H and O–H groups in total. The molecule has 2 atom stereocenters. The van der Waals surface area contributed by atoms with Crippen LogP contribution in [0.3, 0.4) is 0 Å². The Morgan fingerprint density at radius 1 is 1.47 bits per heavy atom. The molecule has 0 aromatic heterocycles. The minimum atomic E-state index is -1.96. The van der Waals surface area contributed by atoms with Crippen molar-refractivity contribution in [2.24, 2.45) is 0 Å². The van der Waals surface area contributed by atoms with Gasteiger partial charge in [-0.15, -0.1) is 0 Å². The fraction of sp³-hybridized carbons (Fsp3) is 0.200. The number of nitrogens with two attached hydrogens (primary N) is 1. The van der Waals surface area contributed by atoms with E-state index in [2.05, 4.69) is 0 Å². The number of aliphatic hydroxyl groups is 2. The normalized spacial score (nSPS) is 13.7. The third-order valence-electron chi connectivity index (χ3n) is 2.09. The highest BCUT2D eigenvalue weighted by Gasteiger charge is 2.26. The van der Waals surface area contributed by atoms with Gasteiger partial charge in [0.2, 0.25) is 0 Å². The monoisotopic (exact) mass is 254 g/mol. The van der Waals surface area contributed by atoms with E-state index in [9.17, 15) is 15.0 Å². The molecule has 2 unspecified atom stereocenters. The van der Waals surface area contributed by atoms with Crippen molar-refractivity contribution < 1.29 is 20.1 Å². The fourth-order valence-corrected chi connectivity index (χ4v) is 1.66. The van der Waals surface area contributed by atoms with Gasteiger partial charge in [-0.05, 0) is 30.0 Å². The number of nitrogen functional groups attached to an aromatic ring is 1. The van der Waals surface area contributed by atoms with Gasteiger partial charge in [-0.3, -0.25) is 0 Å². The first kappa shape index (κ1) is 13.3. The second kappa shape index (κ2) is 5.54. The van der Waals surface area contributed by atoms with Gasteiger partial charge in [0.25, 0.3) is 0 Å². The van der Waals surface area contributed by atoms with E-state index in [0.29, 0.717) is 4.90 Å². The van der Waals surface area contributed by atoms with Gasteiger partial charge in [0.15, 0.2) is 6.10 Å². The number of anilines is 1. The predicted octanol–water partition coefficient (Wildman–Crippen LogP) is 0.321. The lowest BCUT2D eigenvalue weighted by Gasteiger charge is -2.16. The van der Waals surface area contributed by atoms with Crippen LogP contribution in [0.25, 0.3) is 0 Å². The van der Waals surface area contributed by atoms with Crippen LogP contribution in [0, 0.1) is 10.7 Å². The summed E-state index contributed by atoms with van der Waals surface area (Å²) in [7, 11) is 0. The molecule has 17 heavy (non-hydrogen) atoms. The van der Waals surface area contributed by atoms with Gasteiger partial charge >= 0.3 is 5.97 Å². The van der Waals surface area contributed by atoms with Crippen molar-refractivity contribution in [3.05, 3.63) is 23.8 Å². The van der Waals surface area contributed by atoms with Gasteiger partial charge in [-0.1, -0.05) is 0 Å². The van der Waals surface area contributed by atoms with Crippen molar-refractivity contribution in [1.29, 1.82) is 5.26 Å². The number of aliphatic hydroxyl groups excluding tert-OH is 2. The van der Waals surface area contributed by atoms with Crippen molar-refractivity contribution in [3.63, 3.8) is 0 Å². The Kier molecular flexibility index (Phi) is 4.34. The minimum Gasteiger partial charge on any atom is -0.479 e. The third kappa shape index (κ3) is 3.10.